The van der Waals surface area contributed by atoms with Crippen molar-refractivity contribution in [1.82, 2.24) is 10.2 Å². The van der Waals surface area contributed by atoms with E-state index in [9.17, 15) is 4.79 Å². The van der Waals surface area contributed by atoms with Crippen molar-refractivity contribution in [3.05, 3.63) is 0 Å². The number of carbonyl (C=O) groups excluding carboxylic acids is 1. The van der Waals surface area contributed by atoms with Crippen LogP contribution in [0.1, 0.15) is 19.8 Å². The monoisotopic (exact) mass is 230 g/mol. The van der Waals surface area contributed by atoms with E-state index < -0.39 is 0 Å². The first-order chi connectivity index (χ1) is 7.77. The van der Waals surface area contributed by atoms with Crippen molar-refractivity contribution < 1.29 is 14.6 Å². The molecule has 1 atom stereocenters. The van der Waals surface area contributed by atoms with Crippen LogP contribution >= 0.6 is 0 Å². The molecule has 0 radical (unpaired) electrons. The van der Waals surface area contributed by atoms with Crippen molar-refractivity contribution in [3.8, 4) is 0 Å². The molecule has 1 heterocycles. The van der Waals surface area contributed by atoms with Crippen molar-refractivity contribution in [2.24, 2.45) is 0 Å². The zero-order chi connectivity index (χ0) is 11.8. The van der Waals surface area contributed by atoms with Gasteiger partial charge in [0.05, 0.1) is 6.61 Å². The Labute approximate surface area is 96.8 Å². The molecule has 5 heteroatoms. The number of carbonyl (C=O) groups is 1. The molecule has 2 N–H and O–H groups in total. The lowest BCUT2D eigenvalue weighted by Gasteiger charge is -2.25. The summed E-state index contributed by atoms with van der Waals surface area (Å²) in [6, 6.07) is 0.372. The minimum absolute atomic E-state index is 0.00455. The second-order valence-corrected chi connectivity index (χ2v) is 3.99. The summed E-state index contributed by atoms with van der Waals surface area (Å²) in [4.78, 5) is 13.4. The fourth-order valence-electron chi connectivity index (χ4n) is 1.90. The van der Waals surface area contributed by atoms with Crippen molar-refractivity contribution in [2.75, 3.05) is 39.5 Å². The van der Waals surface area contributed by atoms with Gasteiger partial charge in [-0.3, -0.25) is 4.79 Å². The summed E-state index contributed by atoms with van der Waals surface area (Å²) in [6.45, 7) is 4.62. The molecule has 1 saturated heterocycles. The lowest BCUT2D eigenvalue weighted by molar-refractivity contribution is -0.136. The molecule has 1 fully saturated rings. The first kappa shape index (κ1) is 13.4. The van der Waals surface area contributed by atoms with Crippen LogP contribution in [0, 0.1) is 0 Å². The highest BCUT2D eigenvalue weighted by Gasteiger charge is 2.20. The molecule has 1 rings (SSSR count). The van der Waals surface area contributed by atoms with Crippen LogP contribution in [-0.4, -0.2) is 61.4 Å². The minimum Gasteiger partial charge on any atom is -0.395 e. The van der Waals surface area contributed by atoms with Crippen LogP contribution in [0.5, 0.6) is 0 Å². The molecule has 0 spiro atoms. The van der Waals surface area contributed by atoms with Gasteiger partial charge in [-0.15, -0.1) is 0 Å². The molecule has 1 unspecified atom stereocenters. The van der Waals surface area contributed by atoms with Crippen LogP contribution in [0.15, 0.2) is 0 Å². The van der Waals surface area contributed by atoms with Crippen LogP contribution in [-0.2, 0) is 9.53 Å². The summed E-state index contributed by atoms with van der Waals surface area (Å²) in [5.74, 6) is -0.0374. The Morgan fingerprint density at radius 1 is 1.62 bits per heavy atom. The van der Waals surface area contributed by atoms with Gasteiger partial charge in [0.25, 0.3) is 0 Å². The zero-order valence-electron chi connectivity index (χ0n) is 9.95. The molecule has 94 valence electrons. The van der Waals surface area contributed by atoms with E-state index in [1.807, 2.05) is 6.92 Å². The highest BCUT2D eigenvalue weighted by Crippen LogP contribution is 2.07. The van der Waals surface area contributed by atoms with Gasteiger partial charge in [0, 0.05) is 25.7 Å². The van der Waals surface area contributed by atoms with Gasteiger partial charge >= 0.3 is 0 Å². The number of hydrogen-bond acceptors (Lipinski definition) is 4. The summed E-state index contributed by atoms with van der Waals surface area (Å²) in [5, 5.41) is 12.3. The van der Waals surface area contributed by atoms with Crippen LogP contribution in [0.4, 0.5) is 0 Å². The minimum atomic E-state index is -0.0374. The summed E-state index contributed by atoms with van der Waals surface area (Å²) >= 11 is 0. The smallest absolute Gasteiger partial charge is 0.248 e. The zero-order valence-corrected chi connectivity index (χ0v) is 9.95. The maximum absolute atomic E-state index is 11.7. The molecule has 5 nitrogen and oxygen atoms in total. The molecule has 0 aromatic carbocycles. The van der Waals surface area contributed by atoms with Gasteiger partial charge in [-0.1, -0.05) is 0 Å². The Kier molecular flexibility index (Phi) is 6.37. The molecule has 0 saturated carbocycles. The summed E-state index contributed by atoms with van der Waals surface area (Å²) in [5.41, 5.74) is 0. The summed E-state index contributed by atoms with van der Waals surface area (Å²) < 4.78 is 5.09. The van der Waals surface area contributed by atoms with E-state index in [2.05, 4.69) is 5.32 Å². The number of aliphatic hydroxyl groups is 1. The average molecular weight is 230 g/mol. The normalized spacial score (nSPS) is 20.0. The Morgan fingerprint density at radius 3 is 3.00 bits per heavy atom. The lowest BCUT2D eigenvalue weighted by Crippen LogP contribution is -2.44. The molecule has 0 bridgehead atoms. The predicted octanol–water partition coefficient (Wildman–Crippen LogP) is -0.404. The molecule has 1 aliphatic rings. The molecule has 1 amide bonds. The molecular weight excluding hydrogens is 208 g/mol. The number of amides is 1. The predicted molar refractivity (Wildman–Crippen MR) is 61.2 cm³/mol. The lowest BCUT2D eigenvalue weighted by atomic mass is 10.2. The van der Waals surface area contributed by atoms with E-state index in [0.717, 1.165) is 19.4 Å². The van der Waals surface area contributed by atoms with Crippen molar-refractivity contribution in [3.63, 3.8) is 0 Å². The largest absolute Gasteiger partial charge is 0.395 e. The fourth-order valence-corrected chi connectivity index (χ4v) is 1.90. The van der Waals surface area contributed by atoms with E-state index in [4.69, 9.17) is 9.84 Å². The Balaban J connectivity index is 2.35. The Morgan fingerprint density at radius 2 is 2.44 bits per heavy atom. The van der Waals surface area contributed by atoms with Gasteiger partial charge < -0.3 is 20.1 Å². The Hall–Kier alpha value is -0.650. The van der Waals surface area contributed by atoms with Crippen LogP contribution in [0.2, 0.25) is 0 Å². The highest BCUT2D eigenvalue weighted by molar-refractivity contribution is 5.77. The third-order valence-corrected chi connectivity index (χ3v) is 2.76. The molecule has 0 aromatic heterocycles. The molecular formula is C11H22N2O3. The first-order valence-corrected chi connectivity index (χ1v) is 5.97. The van der Waals surface area contributed by atoms with Crippen LogP contribution in [0.25, 0.3) is 0 Å². The summed E-state index contributed by atoms with van der Waals surface area (Å²) in [6.07, 6.45) is 2.27. The SMILES string of the molecule is CCOCC(=O)N(CCO)CC1CCCN1. The number of aliphatic hydroxyl groups excluding tert-OH is 1. The third kappa shape index (κ3) is 4.47. The fraction of sp³-hybridized carbons (Fsp3) is 0.909. The van der Waals surface area contributed by atoms with Crippen LogP contribution in [0.3, 0.4) is 0 Å². The van der Waals surface area contributed by atoms with E-state index in [-0.39, 0.29) is 19.1 Å². The number of nitrogens with one attached hydrogen (secondary N) is 1. The molecule has 16 heavy (non-hydrogen) atoms. The van der Waals surface area contributed by atoms with Crippen molar-refractivity contribution in [1.29, 1.82) is 0 Å². The molecule has 0 aromatic rings. The van der Waals surface area contributed by atoms with Crippen LogP contribution < -0.4 is 5.32 Å². The standard InChI is InChI=1S/C11H22N2O3/c1-2-16-9-11(15)13(6-7-14)8-10-4-3-5-12-10/h10,12,14H,2-9H2,1H3. The van der Waals surface area contributed by atoms with Gasteiger partial charge in [0.1, 0.15) is 6.61 Å². The van der Waals surface area contributed by atoms with E-state index in [1.165, 1.54) is 0 Å². The number of rotatable bonds is 7. The number of nitrogens with zero attached hydrogens (tertiary/aromatic N) is 1. The third-order valence-electron chi connectivity index (χ3n) is 2.76. The maximum atomic E-state index is 11.7. The van der Waals surface area contributed by atoms with E-state index >= 15 is 0 Å². The topological polar surface area (TPSA) is 61.8 Å². The van der Waals surface area contributed by atoms with Gasteiger partial charge in [-0.2, -0.15) is 0 Å². The maximum Gasteiger partial charge on any atom is 0.248 e. The second-order valence-electron chi connectivity index (χ2n) is 3.99. The van der Waals surface area contributed by atoms with Crippen molar-refractivity contribution in [2.45, 2.75) is 25.8 Å². The van der Waals surface area contributed by atoms with E-state index in [0.29, 0.717) is 25.7 Å². The van der Waals surface area contributed by atoms with Gasteiger partial charge in [-0.25, -0.2) is 0 Å². The number of hydrogen-bond donors (Lipinski definition) is 2. The summed E-state index contributed by atoms with van der Waals surface area (Å²) in [7, 11) is 0. The quantitative estimate of drug-likeness (QED) is 0.624. The van der Waals surface area contributed by atoms with Crippen molar-refractivity contribution >= 4 is 5.91 Å². The molecule has 0 aliphatic carbocycles. The molecule has 1 aliphatic heterocycles. The number of ether oxygens (including phenoxy) is 1. The average Bonchev–Trinajstić information content (AvgIpc) is 2.78. The highest BCUT2D eigenvalue weighted by atomic mass is 16.5. The first-order valence-electron chi connectivity index (χ1n) is 5.97. The Bertz CT molecular complexity index is 205. The van der Waals surface area contributed by atoms with Gasteiger partial charge in [0.2, 0.25) is 5.91 Å². The van der Waals surface area contributed by atoms with E-state index in [1.54, 1.807) is 4.90 Å². The van der Waals surface area contributed by atoms with Gasteiger partial charge in [-0.05, 0) is 26.3 Å². The van der Waals surface area contributed by atoms with Gasteiger partial charge in [0.15, 0.2) is 0 Å². The second kappa shape index (κ2) is 7.60.